The fourth-order valence-corrected chi connectivity index (χ4v) is 5.90. The Kier molecular flexibility index (Phi) is 4.66. The number of fused-ring (bicyclic) bond motifs is 5. The van der Waals surface area contributed by atoms with Crippen LogP contribution in [0.2, 0.25) is 0 Å². The van der Waals surface area contributed by atoms with E-state index in [9.17, 15) is 14.4 Å². The monoisotopic (exact) mass is 498 g/mol. The minimum Gasteiger partial charge on any atom is -0.298 e. The molecule has 3 aromatic carbocycles. The first-order chi connectivity index (χ1) is 16.1. The Balaban J connectivity index is 1.50. The van der Waals surface area contributed by atoms with Crippen molar-refractivity contribution in [2.45, 2.75) is 18.0 Å². The summed E-state index contributed by atoms with van der Waals surface area (Å²) in [6.45, 7) is 0. The Morgan fingerprint density at radius 3 is 2.24 bits per heavy atom. The third-order valence-corrected chi connectivity index (χ3v) is 7.57. The molecule has 5 nitrogen and oxygen atoms in total. The third kappa shape index (κ3) is 2.97. The molecule has 3 aliphatic rings. The van der Waals surface area contributed by atoms with E-state index in [1.165, 1.54) is 0 Å². The number of rotatable bonds is 3. The Morgan fingerprint density at radius 2 is 1.48 bits per heavy atom. The molecule has 5 atom stereocenters. The molecule has 1 saturated heterocycles. The molecule has 162 valence electrons. The summed E-state index contributed by atoms with van der Waals surface area (Å²) in [5.74, 6) is -2.70. The molecule has 3 aromatic rings. The van der Waals surface area contributed by atoms with Gasteiger partial charge in [0.05, 0.1) is 24.1 Å². The number of halogens is 1. The van der Waals surface area contributed by atoms with E-state index in [0.717, 1.165) is 15.6 Å². The van der Waals surface area contributed by atoms with E-state index in [0.29, 0.717) is 11.1 Å². The summed E-state index contributed by atoms with van der Waals surface area (Å²) in [5, 5.41) is 6.31. The van der Waals surface area contributed by atoms with Crippen molar-refractivity contribution in [3.8, 4) is 0 Å². The smallest absolute Gasteiger partial charge is 0.187 e. The van der Waals surface area contributed by atoms with Crippen LogP contribution < -0.4 is 0 Å². The second kappa shape index (κ2) is 7.59. The summed E-state index contributed by atoms with van der Waals surface area (Å²) in [4.78, 5) is 41.4. The average Bonchev–Trinajstić information content (AvgIpc) is 3.32. The first-order valence-corrected chi connectivity index (χ1v) is 11.7. The average molecular weight is 499 g/mol. The Labute approximate surface area is 199 Å². The lowest BCUT2D eigenvalue weighted by atomic mass is 9.83. The van der Waals surface area contributed by atoms with E-state index in [2.05, 4.69) is 21.0 Å². The van der Waals surface area contributed by atoms with Gasteiger partial charge in [0.1, 0.15) is 12.0 Å². The van der Waals surface area contributed by atoms with Crippen LogP contribution in [0.3, 0.4) is 0 Å². The molecule has 0 bridgehead atoms. The number of nitrogens with zero attached hydrogens (tertiary/aromatic N) is 2. The van der Waals surface area contributed by atoms with Gasteiger partial charge in [-0.05, 0) is 28.8 Å². The third-order valence-electron chi connectivity index (χ3n) is 7.04. The molecule has 0 spiro atoms. The molecule has 2 heterocycles. The lowest BCUT2D eigenvalue weighted by Crippen LogP contribution is -2.41. The Bertz CT molecular complexity index is 1320. The highest BCUT2D eigenvalue weighted by atomic mass is 79.9. The first-order valence-electron chi connectivity index (χ1n) is 10.9. The molecule has 0 N–H and O–H groups in total. The van der Waals surface area contributed by atoms with Gasteiger partial charge in [-0.25, -0.2) is 0 Å². The normalized spacial score (nSPS) is 27.3. The highest BCUT2D eigenvalue weighted by Crippen LogP contribution is 2.55. The molecule has 6 heteroatoms. The van der Waals surface area contributed by atoms with Crippen LogP contribution in [-0.2, 0) is 9.59 Å². The van der Waals surface area contributed by atoms with Crippen LogP contribution in [-0.4, -0.2) is 34.6 Å². The molecule has 2 fully saturated rings. The van der Waals surface area contributed by atoms with Gasteiger partial charge < -0.3 is 0 Å². The molecular formula is C27H19BrN2O3. The second-order valence-electron chi connectivity index (χ2n) is 8.71. The van der Waals surface area contributed by atoms with Gasteiger partial charge in [0.25, 0.3) is 0 Å². The maximum atomic E-state index is 13.8. The predicted molar refractivity (Wildman–Crippen MR) is 127 cm³/mol. The molecule has 1 saturated carbocycles. The standard InChI is InChI=1S/C27H19BrN2O3/c28-18-12-10-16(11-13-18)25(31)24-22-21(23-19-9-5-4-8-17(19)14-29-30(23)24)26(32)20(27(22)33)15-6-2-1-3-7-15/h1-14,20-24H/t20-,21-,22-,23+,24-/m1/s1. The van der Waals surface area contributed by atoms with Crippen LogP contribution in [0.4, 0.5) is 0 Å². The van der Waals surface area contributed by atoms with E-state index in [1.807, 2.05) is 54.6 Å². The summed E-state index contributed by atoms with van der Waals surface area (Å²) >= 11 is 3.40. The van der Waals surface area contributed by atoms with Crippen molar-refractivity contribution in [1.82, 2.24) is 5.01 Å². The van der Waals surface area contributed by atoms with Gasteiger partial charge in [-0.1, -0.05) is 82.7 Å². The van der Waals surface area contributed by atoms with E-state index < -0.39 is 29.8 Å². The lowest BCUT2D eigenvalue weighted by Gasteiger charge is -2.33. The molecular weight excluding hydrogens is 480 g/mol. The maximum Gasteiger partial charge on any atom is 0.187 e. The van der Waals surface area contributed by atoms with E-state index in [1.54, 1.807) is 35.5 Å². The fourth-order valence-electron chi connectivity index (χ4n) is 5.63. The first kappa shape index (κ1) is 20.2. The Morgan fingerprint density at radius 1 is 0.818 bits per heavy atom. The molecule has 0 radical (unpaired) electrons. The maximum absolute atomic E-state index is 13.8. The SMILES string of the molecule is O=C1[C@H](c2ccccc2)C(=O)[C@@H]2[C@@H]1[C@H](C(=O)c1ccc(Br)cc1)N1N=Cc3ccccc3[C@@H]21. The number of carbonyl (C=O) groups is 3. The van der Waals surface area contributed by atoms with Gasteiger partial charge >= 0.3 is 0 Å². The molecule has 6 rings (SSSR count). The van der Waals surface area contributed by atoms with Crippen molar-refractivity contribution >= 4 is 39.5 Å². The summed E-state index contributed by atoms with van der Waals surface area (Å²) in [5.41, 5.74) is 3.04. The topological polar surface area (TPSA) is 66.8 Å². The van der Waals surface area contributed by atoms with Crippen molar-refractivity contribution in [2.24, 2.45) is 16.9 Å². The molecule has 33 heavy (non-hydrogen) atoms. The predicted octanol–water partition coefficient (Wildman–Crippen LogP) is 4.57. The summed E-state index contributed by atoms with van der Waals surface area (Å²) in [7, 11) is 0. The zero-order chi connectivity index (χ0) is 22.7. The van der Waals surface area contributed by atoms with Crippen molar-refractivity contribution in [2.75, 3.05) is 0 Å². The summed E-state index contributed by atoms with van der Waals surface area (Å²) in [6.07, 6.45) is 1.72. The van der Waals surface area contributed by atoms with Gasteiger partial charge in [-0.15, -0.1) is 0 Å². The van der Waals surface area contributed by atoms with Crippen molar-refractivity contribution < 1.29 is 14.4 Å². The van der Waals surface area contributed by atoms with Gasteiger partial charge in [0.15, 0.2) is 17.3 Å². The van der Waals surface area contributed by atoms with Gasteiger partial charge in [0, 0.05) is 10.0 Å². The van der Waals surface area contributed by atoms with Crippen LogP contribution in [0.1, 0.15) is 39.0 Å². The quantitative estimate of drug-likeness (QED) is 0.391. The summed E-state index contributed by atoms with van der Waals surface area (Å²) < 4.78 is 0.863. The Hall–Kier alpha value is -3.38. The number of ketones is 3. The largest absolute Gasteiger partial charge is 0.298 e. The van der Waals surface area contributed by atoms with Crippen LogP contribution in [0, 0.1) is 11.8 Å². The second-order valence-corrected chi connectivity index (χ2v) is 9.63. The molecule has 0 amide bonds. The van der Waals surface area contributed by atoms with Crippen molar-refractivity contribution in [1.29, 1.82) is 0 Å². The zero-order valence-corrected chi connectivity index (χ0v) is 19.1. The molecule has 1 aliphatic carbocycles. The summed E-state index contributed by atoms with van der Waals surface area (Å²) in [6, 6.07) is 22.8. The lowest BCUT2D eigenvalue weighted by molar-refractivity contribution is -0.126. The number of Topliss-reactive ketones (excluding diaryl/α,β-unsaturated/α-hetero) is 3. The van der Waals surface area contributed by atoms with Gasteiger partial charge in [-0.2, -0.15) is 5.10 Å². The minimum absolute atomic E-state index is 0.121. The van der Waals surface area contributed by atoms with Crippen LogP contribution >= 0.6 is 15.9 Å². The van der Waals surface area contributed by atoms with E-state index in [4.69, 9.17) is 0 Å². The van der Waals surface area contributed by atoms with Crippen LogP contribution in [0.15, 0.2) is 88.4 Å². The highest BCUT2D eigenvalue weighted by molar-refractivity contribution is 9.10. The highest BCUT2D eigenvalue weighted by Gasteiger charge is 2.65. The fraction of sp³-hybridized carbons (Fsp3) is 0.185. The molecule has 0 aromatic heterocycles. The van der Waals surface area contributed by atoms with E-state index in [-0.39, 0.29) is 17.3 Å². The minimum atomic E-state index is -0.846. The molecule has 2 aliphatic heterocycles. The van der Waals surface area contributed by atoms with Crippen LogP contribution in [0.5, 0.6) is 0 Å². The van der Waals surface area contributed by atoms with Crippen molar-refractivity contribution in [3.05, 3.63) is 106 Å². The molecule has 0 unspecified atom stereocenters. The van der Waals surface area contributed by atoms with Gasteiger partial charge in [-0.3, -0.25) is 19.4 Å². The number of hydrogen-bond donors (Lipinski definition) is 0. The number of carbonyl (C=O) groups excluding carboxylic acids is 3. The van der Waals surface area contributed by atoms with Crippen LogP contribution in [0.25, 0.3) is 0 Å². The number of benzene rings is 3. The number of hydrazone groups is 1. The zero-order valence-electron chi connectivity index (χ0n) is 17.5. The van der Waals surface area contributed by atoms with E-state index >= 15 is 0 Å². The van der Waals surface area contributed by atoms with Crippen molar-refractivity contribution in [3.63, 3.8) is 0 Å². The van der Waals surface area contributed by atoms with Gasteiger partial charge in [0.2, 0.25) is 0 Å². The number of hydrogen-bond acceptors (Lipinski definition) is 5.